The second-order valence-corrected chi connectivity index (χ2v) is 7.59. The van der Waals surface area contributed by atoms with Crippen LogP contribution in [-0.4, -0.2) is 49.1 Å². The number of likely N-dealkylation sites (tertiary alicyclic amines) is 1. The Labute approximate surface area is 155 Å². The molecule has 4 rings (SSSR count). The number of nitrogens with one attached hydrogen (secondary N) is 1. The summed E-state index contributed by atoms with van der Waals surface area (Å²) in [6.07, 6.45) is 1.60. The number of thiophene rings is 1. The van der Waals surface area contributed by atoms with E-state index in [0.717, 1.165) is 17.7 Å². The number of benzene rings is 1. The zero-order valence-electron chi connectivity index (χ0n) is 14.5. The van der Waals surface area contributed by atoms with E-state index >= 15 is 0 Å². The first kappa shape index (κ1) is 16.9. The van der Waals surface area contributed by atoms with Crippen molar-refractivity contribution in [1.29, 1.82) is 0 Å². The van der Waals surface area contributed by atoms with Gasteiger partial charge in [0.15, 0.2) is 0 Å². The van der Waals surface area contributed by atoms with Gasteiger partial charge in [-0.2, -0.15) is 0 Å². The third-order valence-electron chi connectivity index (χ3n) is 4.89. The summed E-state index contributed by atoms with van der Waals surface area (Å²) in [5, 5.41) is 4.85. The van der Waals surface area contributed by atoms with Crippen LogP contribution in [0.2, 0.25) is 0 Å². The molecule has 2 aromatic rings. The molecule has 7 heteroatoms. The molecule has 2 aliphatic heterocycles. The van der Waals surface area contributed by atoms with Crippen molar-refractivity contribution in [1.82, 2.24) is 10.2 Å². The van der Waals surface area contributed by atoms with E-state index in [1.165, 1.54) is 11.3 Å². The van der Waals surface area contributed by atoms with E-state index in [1.54, 1.807) is 25.3 Å². The second kappa shape index (κ2) is 6.64. The summed E-state index contributed by atoms with van der Waals surface area (Å²) in [5.74, 6) is 0.992. The molecule has 2 amide bonds. The minimum atomic E-state index is -0.627. The number of carbonyl (C=O) groups is 2. The van der Waals surface area contributed by atoms with Crippen LogP contribution >= 0.6 is 11.3 Å². The minimum Gasteiger partial charge on any atom is -0.497 e. The highest BCUT2D eigenvalue weighted by atomic mass is 32.1. The smallest absolute Gasteiger partial charge is 0.264 e. The molecule has 1 N–H and O–H groups in total. The summed E-state index contributed by atoms with van der Waals surface area (Å²) < 4.78 is 11.6. The summed E-state index contributed by atoms with van der Waals surface area (Å²) in [6, 6.07) is 8.90. The van der Waals surface area contributed by atoms with Crippen molar-refractivity contribution in [3.05, 3.63) is 46.2 Å². The number of hydrogen-bond acceptors (Lipinski definition) is 5. The largest absolute Gasteiger partial charge is 0.497 e. The first-order valence-electron chi connectivity index (χ1n) is 8.58. The lowest BCUT2D eigenvalue weighted by molar-refractivity contribution is -0.000764. The van der Waals surface area contributed by atoms with Crippen LogP contribution in [-0.2, 0) is 0 Å². The van der Waals surface area contributed by atoms with Crippen LogP contribution in [0.1, 0.15) is 32.9 Å². The van der Waals surface area contributed by atoms with Crippen molar-refractivity contribution < 1.29 is 19.1 Å². The molecule has 3 heterocycles. The molecule has 0 bridgehead atoms. The van der Waals surface area contributed by atoms with Gasteiger partial charge >= 0.3 is 0 Å². The van der Waals surface area contributed by atoms with Gasteiger partial charge < -0.3 is 19.7 Å². The van der Waals surface area contributed by atoms with Gasteiger partial charge in [-0.3, -0.25) is 9.59 Å². The van der Waals surface area contributed by atoms with Crippen LogP contribution in [0.25, 0.3) is 0 Å². The fraction of sp³-hybridized carbons (Fsp3) is 0.368. The zero-order chi connectivity index (χ0) is 18.1. The number of ether oxygens (including phenoxy) is 2. The van der Waals surface area contributed by atoms with Crippen LogP contribution in [0.5, 0.6) is 11.5 Å². The summed E-state index contributed by atoms with van der Waals surface area (Å²) in [5.41, 5.74) is -0.136. The first-order chi connectivity index (χ1) is 12.6. The highest BCUT2D eigenvalue weighted by Gasteiger charge is 2.42. The van der Waals surface area contributed by atoms with Crippen molar-refractivity contribution in [3.63, 3.8) is 0 Å². The van der Waals surface area contributed by atoms with Gasteiger partial charge in [0.25, 0.3) is 11.8 Å². The lowest BCUT2D eigenvalue weighted by Crippen LogP contribution is -2.57. The summed E-state index contributed by atoms with van der Waals surface area (Å²) >= 11 is 1.44. The molecule has 0 radical (unpaired) electrons. The highest BCUT2D eigenvalue weighted by molar-refractivity contribution is 7.12. The third kappa shape index (κ3) is 3.03. The van der Waals surface area contributed by atoms with Gasteiger partial charge in [0.05, 0.1) is 30.6 Å². The maximum atomic E-state index is 12.8. The number of carbonyl (C=O) groups excluding carboxylic acids is 2. The topological polar surface area (TPSA) is 67.9 Å². The standard InChI is InChI=1S/C19H20N2O4S/c1-24-13-5-6-14-15(10-13)25-19(11-20-17(14)22)7-3-8-21(12-19)18(23)16-4-2-9-26-16/h2,4-6,9-10H,3,7-8,11-12H2,1H3,(H,20,22)/t19-/m0/s1. The molecule has 2 aliphatic rings. The average molecular weight is 372 g/mol. The SMILES string of the molecule is COc1ccc2c(c1)O[C@@]1(CCCN(C(=O)c3cccs3)C1)CNC2=O. The fourth-order valence-electron chi connectivity index (χ4n) is 3.56. The molecule has 1 aromatic carbocycles. The van der Waals surface area contributed by atoms with E-state index in [1.807, 2.05) is 22.4 Å². The molecule has 6 nitrogen and oxygen atoms in total. The normalized spacial score (nSPS) is 22.2. The Morgan fingerprint density at radius 3 is 3.04 bits per heavy atom. The second-order valence-electron chi connectivity index (χ2n) is 6.64. The van der Waals surface area contributed by atoms with Crippen molar-refractivity contribution in [2.75, 3.05) is 26.7 Å². The van der Waals surface area contributed by atoms with Gasteiger partial charge in [0, 0.05) is 12.6 Å². The number of rotatable bonds is 2. The van der Waals surface area contributed by atoms with E-state index in [9.17, 15) is 9.59 Å². The zero-order valence-corrected chi connectivity index (χ0v) is 15.3. The third-order valence-corrected chi connectivity index (χ3v) is 5.75. The lowest BCUT2D eigenvalue weighted by Gasteiger charge is -2.42. The number of amides is 2. The van der Waals surface area contributed by atoms with Crippen LogP contribution in [0.15, 0.2) is 35.7 Å². The molecule has 1 aromatic heterocycles. The molecule has 0 aliphatic carbocycles. The van der Waals surface area contributed by atoms with Crippen molar-refractivity contribution in [2.45, 2.75) is 18.4 Å². The van der Waals surface area contributed by atoms with Crippen LogP contribution in [0.4, 0.5) is 0 Å². The quantitative estimate of drug-likeness (QED) is 0.880. The van der Waals surface area contributed by atoms with Gasteiger partial charge in [-0.05, 0) is 36.4 Å². The Bertz CT molecular complexity index is 836. The summed E-state index contributed by atoms with van der Waals surface area (Å²) in [6.45, 7) is 1.51. The maximum absolute atomic E-state index is 12.8. The molecular weight excluding hydrogens is 352 g/mol. The maximum Gasteiger partial charge on any atom is 0.264 e. The molecule has 26 heavy (non-hydrogen) atoms. The highest BCUT2D eigenvalue weighted by Crippen LogP contribution is 2.34. The monoisotopic (exact) mass is 372 g/mol. The number of nitrogens with zero attached hydrogens (tertiary/aromatic N) is 1. The van der Waals surface area contributed by atoms with Gasteiger partial charge in [0.1, 0.15) is 17.1 Å². The van der Waals surface area contributed by atoms with E-state index in [4.69, 9.17) is 9.47 Å². The molecule has 1 saturated heterocycles. The fourth-order valence-corrected chi connectivity index (χ4v) is 4.25. The summed E-state index contributed by atoms with van der Waals surface area (Å²) in [7, 11) is 1.58. The summed E-state index contributed by atoms with van der Waals surface area (Å²) in [4.78, 5) is 27.7. The molecule has 1 fully saturated rings. The van der Waals surface area contributed by atoms with Crippen molar-refractivity contribution in [3.8, 4) is 11.5 Å². The van der Waals surface area contributed by atoms with Gasteiger partial charge in [-0.25, -0.2) is 0 Å². The predicted molar refractivity (Wildman–Crippen MR) is 98.1 cm³/mol. The molecule has 1 atom stereocenters. The first-order valence-corrected chi connectivity index (χ1v) is 9.46. The Balaban J connectivity index is 1.62. The molecule has 0 saturated carbocycles. The van der Waals surface area contributed by atoms with E-state index in [2.05, 4.69) is 5.32 Å². The Hall–Kier alpha value is -2.54. The number of piperidine rings is 1. The van der Waals surface area contributed by atoms with Crippen LogP contribution in [0, 0.1) is 0 Å². The van der Waals surface area contributed by atoms with E-state index in [0.29, 0.717) is 36.7 Å². The Kier molecular flexibility index (Phi) is 4.32. The number of methoxy groups -OCH3 is 1. The van der Waals surface area contributed by atoms with E-state index < -0.39 is 5.60 Å². The van der Waals surface area contributed by atoms with Gasteiger partial charge in [0.2, 0.25) is 0 Å². The molecule has 0 unspecified atom stereocenters. The number of fused-ring (bicyclic) bond motifs is 1. The van der Waals surface area contributed by atoms with Crippen molar-refractivity contribution >= 4 is 23.2 Å². The lowest BCUT2D eigenvalue weighted by atomic mass is 9.92. The number of hydrogen-bond donors (Lipinski definition) is 1. The molecule has 1 spiro atoms. The predicted octanol–water partition coefficient (Wildman–Crippen LogP) is 2.55. The molecule has 136 valence electrons. The Morgan fingerprint density at radius 2 is 2.27 bits per heavy atom. The van der Waals surface area contributed by atoms with Crippen LogP contribution in [0.3, 0.4) is 0 Å². The average Bonchev–Trinajstić information content (AvgIpc) is 3.16. The van der Waals surface area contributed by atoms with Crippen LogP contribution < -0.4 is 14.8 Å². The van der Waals surface area contributed by atoms with Gasteiger partial charge in [-0.15, -0.1) is 11.3 Å². The minimum absolute atomic E-state index is 0.0177. The van der Waals surface area contributed by atoms with Gasteiger partial charge in [-0.1, -0.05) is 6.07 Å². The van der Waals surface area contributed by atoms with E-state index in [-0.39, 0.29) is 11.8 Å². The van der Waals surface area contributed by atoms with Crippen molar-refractivity contribution in [2.24, 2.45) is 0 Å². The molecular formula is C19H20N2O4S. The Morgan fingerprint density at radius 1 is 1.38 bits per heavy atom.